The van der Waals surface area contributed by atoms with Crippen LogP contribution in [0.5, 0.6) is 5.75 Å². The SMILES string of the molecule is CN(C(=O)c1ccc(OCC2CCCO2)cc1)C(Cc1ccccc1)C(=O)O. The summed E-state index contributed by atoms with van der Waals surface area (Å²) in [5.41, 5.74) is 1.29. The predicted octanol–water partition coefficient (Wildman–Crippen LogP) is 3.01. The van der Waals surface area contributed by atoms with Gasteiger partial charge in [-0.05, 0) is 42.7 Å². The summed E-state index contributed by atoms with van der Waals surface area (Å²) < 4.78 is 11.2. The molecule has 1 aliphatic rings. The maximum absolute atomic E-state index is 12.8. The first-order chi connectivity index (χ1) is 13.5. The van der Waals surface area contributed by atoms with E-state index < -0.39 is 12.0 Å². The lowest BCUT2D eigenvalue weighted by atomic mass is 10.0. The van der Waals surface area contributed by atoms with Crippen LogP contribution in [-0.2, 0) is 16.0 Å². The minimum Gasteiger partial charge on any atom is -0.491 e. The monoisotopic (exact) mass is 383 g/mol. The van der Waals surface area contributed by atoms with Crippen LogP contribution in [0.15, 0.2) is 54.6 Å². The minimum absolute atomic E-state index is 0.127. The molecule has 0 aromatic heterocycles. The number of hydrogen-bond acceptors (Lipinski definition) is 4. The lowest BCUT2D eigenvalue weighted by Crippen LogP contribution is -2.43. The highest BCUT2D eigenvalue weighted by Gasteiger charge is 2.27. The molecule has 148 valence electrons. The molecule has 6 nitrogen and oxygen atoms in total. The van der Waals surface area contributed by atoms with Crippen LogP contribution in [0.3, 0.4) is 0 Å². The van der Waals surface area contributed by atoms with Gasteiger partial charge < -0.3 is 19.5 Å². The Morgan fingerprint density at radius 3 is 2.50 bits per heavy atom. The third kappa shape index (κ3) is 5.10. The Balaban J connectivity index is 1.62. The van der Waals surface area contributed by atoms with Crippen LogP contribution in [0.4, 0.5) is 0 Å². The van der Waals surface area contributed by atoms with Crippen molar-refractivity contribution in [3.8, 4) is 5.75 Å². The molecule has 0 radical (unpaired) electrons. The molecule has 0 aliphatic carbocycles. The quantitative estimate of drug-likeness (QED) is 0.758. The molecule has 1 N–H and O–H groups in total. The molecule has 1 fully saturated rings. The molecule has 0 spiro atoms. The van der Waals surface area contributed by atoms with Crippen LogP contribution in [0, 0.1) is 0 Å². The normalized spacial score (nSPS) is 17.1. The molecule has 1 aliphatic heterocycles. The number of hydrogen-bond donors (Lipinski definition) is 1. The molecule has 2 aromatic rings. The van der Waals surface area contributed by atoms with Gasteiger partial charge in [-0.2, -0.15) is 0 Å². The predicted molar refractivity (Wildman–Crippen MR) is 105 cm³/mol. The summed E-state index contributed by atoms with van der Waals surface area (Å²) in [5, 5.41) is 9.59. The standard InChI is InChI=1S/C22H25NO5/c1-23(20(22(25)26)14-16-6-3-2-4-7-16)21(24)17-9-11-18(12-10-17)28-15-19-8-5-13-27-19/h2-4,6-7,9-12,19-20H,5,8,13-15H2,1H3,(H,25,26). The van der Waals surface area contributed by atoms with E-state index in [0.29, 0.717) is 17.9 Å². The highest BCUT2D eigenvalue weighted by Crippen LogP contribution is 2.18. The van der Waals surface area contributed by atoms with Crippen LogP contribution >= 0.6 is 0 Å². The highest BCUT2D eigenvalue weighted by atomic mass is 16.5. The maximum atomic E-state index is 12.8. The average Bonchev–Trinajstić information content (AvgIpc) is 3.24. The van der Waals surface area contributed by atoms with Crippen molar-refractivity contribution in [3.63, 3.8) is 0 Å². The summed E-state index contributed by atoms with van der Waals surface area (Å²) in [4.78, 5) is 25.8. The first-order valence-electron chi connectivity index (χ1n) is 9.43. The molecular formula is C22H25NO5. The van der Waals surface area contributed by atoms with Gasteiger partial charge in [-0.1, -0.05) is 30.3 Å². The van der Waals surface area contributed by atoms with Crippen molar-refractivity contribution in [2.75, 3.05) is 20.3 Å². The van der Waals surface area contributed by atoms with E-state index in [-0.39, 0.29) is 18.4 Å². The molecule has 0 bridgehead atoms. The van der Waals surface area contributed by atoms with E-state index in [1.54, 1.807) is 24.3 Å². The van der Waals surface area contributed by atoms with Crippen molar-refractivity contribution >= 4 is 11.9 Å². The lowest BCUT2D eigenvalue weighted by Gasteiger charge is -2.25. The van der Waals surface area contributed by atoms with Crippen LogP contribution in [0.2, 0.25) is 0 Å². The fourth-order valence-electron chi connectivity index (χ4n) is 3.23. The number of likely N-dealkylation sites (N-methyl/N-ethyl adjacent to an activating group) is 1. The van der Waals surface area contributed by atoms with Gasteiger partial charge in [0.2, 0.25) is 0 Å². The van der Waals surface area contributed by atoms with Gasteiger partial charge in [0.15, 0.2) is 0 Å². The van der Waals surface area contributed by atoms with Gasteiger partial charge >= 0.3 is 5.97 Å². The zero-order valence-corrected chi connectivity index (χ0v) is 15.9. The van der Waals surface area contributed by atoms with E-state index in [1.165, 1.54) is 11.9 Å². The number of ether oxygens (including phenoxy) is 2. The van der Waals surface area contributed by atoms with Crippen LogP contribution < -0.4 is 4.74 Å². The second-order valence-electron chi connectivity index (χ2n) is 6.93. The number of amides is 1. The van der Waals surface area contributed by atoms with Gasteiger partial charge in [0, 0.05) is 25.6 Å². The number of carbonyl (C=O) groups is 2. The Kier molecular flexibility index (Phi) is 6.66. The number of carboxylic acids is 1. The third-order valence-electron chi connectivity index (χ3n) is 4.91. The molecule has 2 unspecified atom stereocenters. The zero-order chi connectivity index (χ0) is 19.9. The van der Waals surface area contributed by atoms with Crippen LogP contribution in [0.25, 0.3) is 0 Å². The summed E-state index contributed by atoms with van der Waals surface area (Å²) >= 11 is 0. The molecule has 0 saturated carbocycles. The van der Waals surface area contributed by atoms with Gasteiger partial charge in [0.25, 0.3) is 5.91 Å². The smallest absolute Gasteiger partial charge is 0.326 e. The molecule has 2 atom stereocenters. The Morgan fingerprint density at radius 1 is 1.18 bits per heavy atom. The largest absolute Gasteiger partial charge is 0.491 e. The Bertz CT molecular complexity index is 784. The first kappa shape index (κ1) is 19.9. The lowest BCUT2D eigenvalue weighted by molar-refractivity contribution is -0.141. The van der Waals surface area contributed by atoms with Crippen molar-refractivity contribution in [2.45, 2.75) is 31.4 Å². The Labute approximate surface area is 164 Å². The van der Waals surface area contributed by atoms with E-state index in [2.05, 4.69) is 0 Å². The van der Waals surface area contributed by atoms with E-state index in [1.807, 2.05) is 30.3 Å². The number of aliphatic carboxylic acids is 1. The van der Waals surface area contributed by atoms with Crippen molar-refractivity contribution in [1.82, 2.24) is 4.90 Å². The topological polar surface area (TPSA) is 76.1 Å². The number of rotatable bonds is 8. The molecule has 28 heavy (non-hydrogen) atoms. The molecule has 1 amide bonds. The van der Waals surface area contributed by atoms with Crippen molar-refractivity contribution in [3.05, 3.63) is 65.7 Å². The Morgan fingerprint density at radius 2 is 1.89 bits per heavy atom. The van der Waals surface area contributed by atoms with Gasteiger partial charge in [-0.3, -0.25) is 4.79 Å². The number of benzene rings is 2. The molecule has 6 heteroatoms. The van der Waals surface area contributed by atoms with Crippen molar-refractivity contribution in [1.29, 1.82) is 0 Å². The first-order valence-corrected chi connectivity index (χ1v) is 9.43. The van der Waals surface area contributed by atoms with Gasteiger partial charge in [0.05, 0.1) is 6.10 Å². The number of carboxylic acid groups (broad SMARTS) is 1. The van der Waals surface area contributed by atoms with Crippen molar-refractivity contribution < 1.29 is 24.2 Å². The van der Waals surface area contributed by atoms with E-state index >= 15 is 0 Å². The van der Waals surface area contributed by atoms with E-state index in [9.17, 15) is 14.7 Å². The zero-order valence-electron chi connectivity index (χ0n) is 15.9. The van der Waals surface area contributed by atoms with Crippen molar-refractivity contribution in [2.24, 2.45) is 0 Å². The molecule has 1 saturated heterocycles. The summed E-state index contributed by atoms with van der Waals surface area (Å²) in [7, 11) is 1.52. The fourth-order valence-corrected chi connectivity index (χ4v) is 3.23. The molecule has 1 heterocycles. The van der Waals surface area contributed by atoms with Gasteiger partial charge in [-0.15, -0.1) is 0 Å². The summed E-state index contributed by atoms with van der Waals surface area (Å²) in [6.45, 7) is 1.27. The van der Waals surface area contributed by atoms with Crippen LogP contribution in [-0.4, -0.2) is 54.3 Å². The summed E-state index contributed by atoms with van der Waals surface area (Å²) in [6.07, 6.45) is 2.43. The van der Waals surface area contributed by atoms with Gasteiger partial charge in [0.1, 0.15) is 18.4 Å². The van der Waals surface area contributed by atoms with E-state index in [0.717, 1.165) is 25.0 Å². The second-order valence-corrected chi connectivity index (χ2v) is 6.93. The summed E-state index contributed by atoms with van der Waals surface area (Å²) in [6, 6.07) is 15.1. The molecule has 3 rings (SSSR count). The third-order valence-corrected chi connectivity index (χ3v) is 4.91. The number of nitrogens with zero attached hydrogens (tertiary/aromatic N) is 1. The Hall–Kier alpha value is -2.86. The summed E-state index contributed by atoms with van der Waals surface area (Å²) in [5.74, 6) is -0.709. The number of carbonyl (C=O) groups excluding carboxylic acids is 1. The highest BCUT2D eigenvalue weighted by molar-refractivity contribution is 5.96. The molecular weight excluding hydrogens is 358 g/mol. The maximum Gasteiger partial charge on any atom is 0.326 e. The van der Waals surface area contributed by atoms with E-state index in [4.69, 9.17) is 9.47 Å². The van der Waals surface area contributed by atoms with Crippen LogP contribution in [0.1, 0.15) is 28.8 Å². The second kappa shape index (κ2) is 9.37. The molecule has 2 aromatic carbocycles. The minimum atomic E-state index is -1.03. The van der Waals surface area contributed by atoms with Gasteiger partial charge in [-0.25, -0.2) is 4.79 Å². The fraction of sp³-hybridized carbons (Fsp3) is 0.364. The average molecular weight is 383 g/mol.